The maximum absolute atomic E-state index is 11.3. The van der Waals surface area contributed by atoms with Crippen LogP contribution >= 0.6 is 0 Å². The second-order valence-electron chi connectivity index (χ2n) is 4.00. The van der Waals surface area contributed by atoms with Crippen LogP contribution < -0.4 is 5.32 Å². The Morgan fingerprint density at radius 1 is 1.15 bits per heavy atom. The van der Waals surface area contributed by atoms with E-state index in [0.29, 0.717) is 6.04 Å². The normalized spacial score (nSPS) is 25.8. The van der Waals surface area contributed by atoms with E-state index in [2.05, 4.69) is 5.32 Å². The first-order valence-electron chi connectivity index (χ1n) is 5.36. The molecule has 3 heteroatoms. The third kappa shape index (κ3) is 1.95. The minimum atomic E-state index is 0.0342. The molecule has 0 unspecified atom stereocenters. The third-order valence-electron chi connectivity index (χ3n) is 3.10. The van der Waals surface area contributed by atoms with Gasteiger partial charge in [0, 0.05) is 12.6 Å². The summed E-state index contributed by atoms with van der Waals surface area (Å²) in [6.07, 6.45) is 7.65. The molecule has 1 heterocycles. The van der Waals surface area contributed by atoms with Crippen molar-refractivity contribution >= 4 is 6.03 Å². The number of carbonyl (C=O) groups excluding carboxylic acids is 1. The minimum absolute atomic E-state index is 0.0342. The Kier molecular flexibility index (Phi) is 2.71. The average Bonchev–Trinajstić information content (AvgIpc) is 2.43. The molecule has 0 aromatic rings. The van der Waals surface area contributed by atoms with Crippen LogP contribution in [0.5, 0.6) is 0 Å². The van der Waals surface area contributed by atoms with Crippen molar-refractivity contribution in [2.24, 2.45) is 0 Å². The molecule has 0 aromatic carbocycles. The number of urea groups is 1. The summed E-state index contributed by atoms with van der Waals surface area (Å²) in [4.78, 5) is 13.3. The molecule has 13 heavy (non-hydrogen) atoms. The molecule has 2 fully saturated rings. The van der Waals surface area contributed by atoms with E-state index < -0.39 is 0 Å². The number of rotatable bonds is 1. The van der Waals surface area contributed by atoms with E-state index in [1.54, 1.807) is 0 Å². The molecule has 2 rings (SSSR count). The molecule has 3 nitrogen and oxygen atoms in total. The summed E-state index contributed by atoms with van der Waals surface area (Å²) in [6.45, 7) is 1.58. The molecule has 1 saturated carbocycles. The standard InChI is InChI=1S/C10H17N2O/c13-10-11-7-8-12(10)9-5-3-1-2-4-6-9/h9H,1-8H2. The lowest BCUT2D eigenvalue weighted by Gasteiger charge is -2.24. The molecule has 0 aromatic heterocycles. The van der Waals surface area contributed by atoms with Crippen molar-refractivity contribution in [2.75, 3.05) is 13.1 Å². The molecule has 0 atom stereocenters. The van der Waals surface area contributed by atoms with Crippen LogP contribution in [0.2, 0.25) is 0 Å². The smallest absolute Gasteiger partial charge is 0.318 e. The van der Waals surface area contributed by atoms with Crippen LogP contribution in [0.3, 0.4) is 0 Å². The lowest BCUT2D eigenvalue weighted by atomic mass is 10.1. The molecule has 1 saturated heterocycles. The first-order valence-corrected chi connectivity index (χ1v) is 5.36. The second kappa shape index (κ2) is 3.99. The van der Waals surface area contributed by atoms with E-state index in [4.69, 9.17) is 0 Å². The number of hydrogen-bond acceptors (Lipinski definition) is 1. The summed E-state index contributed by atoms with van der Waals surface area (Å²) < 4.78 is 0. The van der Waals surface area contributed by atoms with Gasteiger partial charge in [0.1, 0.15) is 0 Å². The lowest BCUT2D eigenvalue weighted by Crippen LogP contribution is -2.36. The zero-order valence-electron chi connectivity index (χ0n) is 8.04. The van der Waals surface area contributed by atoms with Gasteiger partial charge in [-0.05, 0) is 12.8 Å². The van der Waals surface area contributed by atoms with Crippen molar-refractivity contribution in [3.05, 3.63) is 0 Å². The summed E-state index contributed by atoms with van der Waals surface area (Å²) in [5, 5.41) is 3.91. The second-order valence-corrected chi connectivity index (χ2v) is 4.00. The predicted molar refractivity (Wildman–Crippen MR) is 50.6 cm³/mol. The Morgan fingerprint density at radius 3 is 2.38 bits per heavy atom. The highest BCUT2D eigenvalue weighted by Gasteiger charge is 2.28. The van der Waals surface area contributed by atoms with Gasteiger partial charge in [0.15, 0.2) is 0 Å². The highest BCUT2D eigenvalue weighted by Crippen LogP contribution is 2.22. The van der Waals surface area contributed by atoms with E-state index in [1.807, 2.05) is 4.90 Å². The summed E-state index contributed by atoms with van der Waals surface area (Å²) >= 11 is 0. The van der Waals surface area contributed by atoms with Gasteiger partial charge in [-0.25, -0.2) is 10.1 Å². The quantitative estimate of drug-likeness (QED) is 0.567. The van der Waals surface area contributed by atoms with Crippen LogP contribution in [0.4, 0.5) is 4.79 Å². The van der Waals surface area contributed by atoms with Gasteiger partial charge >= 0.3 is 6.03 Å². The lowest BCUT2D eigenvalue weighted by molar-refractivity contribution is 0.191. The molecule has 73 valence electrons. The maximum Gasteiger partial charge on any atom is 0.339 e. The van der Waals surface area contributed by atoms with Gasteiger partial charge in [-0.1, -0.05) is 25.7 Å². The zero-order valence-corrected chi connectivity index (χ0v) is 8.04. The minimum Gasteiger partial charge on any atom is -0.318 e. The van der Waals surface area contributed by atoms with Gasteiger partial charge in [-0.3, -0.25) is 0 Å². The van der Waals surface area contributed by atoms with E-state index >= 15 is 0 Å². The fourth-order valence-corrected chi connectivity index (χ4v) is 2.35. The first-order chi connectivity index (χ1) is 6.38. The molecule has 1 aliphatic heterocycles. The van der Waals surface area contributed by atoms with Gasteiger partial charge in [0.25, 0.3) is 0 Å². The maximum atomic E-state index is 11.3. The van der Waals surface area contributed by atoms with Crippen molar-refractivity contribution in [2.45, 2.75) is 44.6 Å². The zero-order chi connectivity index (χ0) is 9.10. The molecular formula is C10H17N2O. The summed E-state index contributed by atoms with van der Waals surface area (Å²) in [5.74, 6) is 0. The van der Waals surface area contributed by atoms with E-state index in [1.165, 1.54) is 38.5 Å². The molecule has 1 radical (unpaired) electrons. The summed E-state index contributed by atoms with van der Waals surface area (Å²) in [5.41, 5.74) is 0. The van der Waals surface area contributed by atoms with Crippen molar-refractivity contribution in [3.8, 4) is 0 Å². The van der Waals surface area contributed by atoms with Gasteiger partial charge in [0.2, 0.25) is 0 Å². The SMILES string of the molecule is O=C1[N]CCN1C1CCCCCC1. The van der Waals surface area contributed by atoms with Crippen molar-refractivity contribution < 1.29 is 4.79 Å². The Balaban J connectivity index is 1.93. The van der Waals surface area contributed by atoms with Crippen LogP contribution in [-0.2, 0) is 0 Å². The van der Waals surface area contributed by atoms with Crippen molar-refractivity contribution in [3.63, 3.8) is 0 Å². The molecular weight excluding hydrogens is 164 g/mol. The molecule has 0 N–H and O–H groups in total. The average molecular weight is 181 g/mol. The van der Waals surface area contributed by atoms with Gasteiger partial charge in [-0.15, -0.1) is 0 Å². The largest absolute Gasteiger partial charge is 0.339 e. The van der Waals surface area contributed by atoms with Crippen LogP contribution in [0, 0.1) is 0 Å². The summed E-state index contributed by atoms with van der Waals surface area (Å²) in [7, 11) is 0. The van der Waals surface area contributed by atoms with E-state index in [0.717, 1.165) is 13.1 Å². The molecule has 1 aliphatic carbocycles. The number of carbonyl (C=O) groups is 1. The van der Waals surface area contributed by atoms with Gasteiger partial charge in [-0.2, -0.15) is 0 Å². The Labute approximate surface area is 79.5 Å². The third-order valence-corrected chi connectivity index (χ3v) is 3.10. The summed E-state index contributed by atoms with van der Waals surface area (Å²) in [6, 6.07) is 0.535. The fourth-order valence-electron chi connectivity index (χ4n) is 2.35. The monoisotopic (exact) mass is 181 g/mol. The fraction of sp³-hybridized carbons (Fsp3) is 0.900. The van der Waals surface area contributed by atoms with Gasteiger partial charge in [0.05, 0.1) is 6.54 Å². The topological polar surface area (TPSA) is 34.4 Å². The number of nitrogens with zero attached hydrogens (tertiary/aromatic N) is 2. The Bertz CT molecular complexity index is 185. The van der Waals surface area contributed by atoms with Crippen LogP contribution in [-0.4, -0.2) is 30.1 Å². The Hall–Kier alpha value is -0.730. The van der Waals surface area contributed by atoms with E-state index in [9.17, 15) is 4.79 Å². The van der Waals surface area contributed by atoms with Crippen LogP contribution in [0.1, 0.15) is 38.5 Å². The highest BCUT2D eigenvalue weighted by atomic mass is 16.2. The highest BCUT2D eigenvalue weighted by molar-refractivity contribution is 5.76. The van der Waals surface area contributed by atoms with E-state index in [-0.39, 0.29) is 6.03 Å². The van der Waals surface area contributed by atoms with Crippen molar-refractivity contribution in [1.29, 1.82) is 0 Å². The number of hydrogen-bond donors (Lipinski definition) is 0. The molecule has 0 bridgehead atoms. The van der Waals surface area contributed by atoms with Crippen LogP contribution in [0.25, 0.3) is 0 Å². The first kappa shape index (κ1) is 8.85. The predicted octanol–water partition coefficient (Wildman–Crippen LogP) is 1.75. The molecule has 0 spiro atoms. The van der Waals surface area contributed by atoms with Crippen LogP contribution in [0.15, 0.2) is 0 Å². The molecule has 2 aliphatic rings. The Morgan fingerprint density at radius 2 is 1.85 bits per heavy atom. The number of amides is 2. The van der Waals surface area contributed by atoms with Crippen molar-refractivity contribution in [1.82, 2.24) is 10.2 Å². The van der Waals surface area contributed by atoms with Gasteiger partial charge < -0.3 is 4.90 Å². The molecule has 2 amide bonds.